The van der Waals surface area contributed by atoms with Gasteiger partial charge in [-0.25, -0.2) is 0 Å². The van der Waals surface area contributed by atoms with E-state index in [9.17, 15) is 15.0 Å². The summed E-state index contributed by atoms with van der Waals surface area (Å²) in [6.45, 7) is 1.12. The molecule has 0 saturated heterocycles. The molecule has 0 saturated carbocycles. The van der Waals surface area contributed by atoms with Gasteiger partial charge in [-0.2, -0.15) is 0 Å². The van der Waals surface area contributed by atoms with Gasteiger partial charge >= 0.3 is 0 Å². The average molecular weight is 208 g/mol. The van der Waals surface area contributed by atoms with E-state index < -0.39 is 31.0 Å². The van der Waals surface area contributed by atoms with Gasteiger partial charge in [-0.15, -0.1) is 0 Å². The molecule has 6 heteroatoms. The summed E-state index contributed by atoms with van der Waals surface area (Å²) in [5.41, 5.74) is 0. The van der Waals surface area contributed by atoms with Crippen molar-refractivity contribution >= 4 is 6.29 Å². The molecule has 0 fully saturated rings. The van der Waals surface area contributed by atoms with Crippen molar-refractivity contribution in [1.82, 2.24) is 0 Å². The van der Waals surface area contributed by atoms with Crippen LogP contribution in [0.4, 0.5) is 0 Å². The fourth-order valence-corrected chi connectivity index (χ4v) is 0.941. The van der Waals surface area contributed by atoms with Gasteiger partial charge in [-0.3, -0.25) is 0 Å². The molecule has 84 valence electrons. The fraction of sp³-hybridized carbons (Fsp3) is 0.875. The normalized spacial score (nSPS) is 19.8. The van der Waals surface area contributed by atoms with Crippen LogP contribution in [0.1, 0.15) is 6.92 Å². The molecular weight excluding hydrogens is 192 g/mol. The summed E-state index contributed by atoms with van der Waals surface area (Å²) in [5.74, 6) is 0. The van der Waals surface area contributed by atoms with E-state index in [1.165, 1.54) is 0 Å². The Hall–Kier alpha value is -0.530. The van der Waals surface area contributed by atoms with Gasteiger partial charge in [0.05, 0.1) is 6.61 Å². The van der Waals surface area contributed by atoms with E-state index in [0.29, 0.717) is 6.29 Å². The van der Waals surface area contributed by atoms with Crippen LogP contribution >= 0.6 is 0 Å². The van der Waals surface area contributed by atoms with Crippen LogP contribution < -0.4 is 0 Å². The zero-order chi connectivity index (χ0) is 11.1. The van der Waals surface area contributed by atoms with E-state index >= 15 is 0 Å². The van der Waals surface area contributed by atoms with Gasteiger partial charge < -0.3 is 30.0 Å². The second-order valence-electron chi connectivity index (χ2n) is 2.79. The second-order valence-corrected chi connectivity index (χ2v) is 2.79. The molecule has 0 rings (SSSR count). The van der Waals surface area contributed by atoms with E-state index in [1.807, 2.05) is 0 Å². The first-order chi connectivity index (χ1) is 6.58. The Morgan fingerprint density at radius 3 is 2.21 bits per heavy atom. The Labute approximate surface area is 81.7 Å². The Kier molecular flexibility index (Phi) is 6.60. The molecule has 0 aliphatic heterocycles. The third-order valence-electron chi connectivity index (χ3n) is 1.76. The molecule has 4 N–H and O–H groups in total. The number of aliphatic hydroxyl groups excluding tert-OH is 4. The van der Waals surface area contributed by atoms with Crippen LogP contribution in [-0.4, -0.2) is 64.3 Å². The Balaban J connectivity index is 4.25. The minimum absolute atomic E-state index is 0.197. The predicted molar refractivity (Wildman–Crippen MR) is 46.6 cm³/mol. The van der Waals surface area contributed by atoms with Crippen LogP contribution in [0, 0.1) is 0 Å². The number of carbonyl (C=O) groups is 1. The number of hydrogen-bond acceptors (Lipinski definition) is 6. The second kappa shape index (κ2) is 6.86. The SMILES string of the molecule is CCO[C@@H](C=O)[C@@H](O)[C@@H](O)[C@H](O)CO. The minimum Gasteiger partial charge on any atom is -0.394 e. The van der Waals surface area contributed by atoms with E-state index in [0.717, 1.165) is 0 Å². The largest absolute Gasteiger partial charge is 0.394 e. The topological polar surface area (TPSA) is 107 Å². The summed E-state index contributed by atoms with van der Waals surface area (Å²) >= 11 is 0. The monoisotopic (exact) mass is 208 g/mol. The van der Waals surface area contributed by atoms with Gasteiger partial charge in [0, 0.05) is 6.61 Å². The van der Waals surface area contributed by atoms with Gasteiger partial charge in [0.25, 0.3) is 0 Å². The van der Waals surface area contributed by atoms with Crippen LogP contribution in [-0.2, 0) is 9.53 Å². The molecule has 0 spiro atoms. The van der Waals surface area contributed by atoms with Gasteiger partial charge in [0.2, 0.25) is 0 Å². The summed E-state index contributed by atoms with van der Waals surface area (Å²) in [4.78, 5) is 10.4. The highest BCUT2D eigenvalue weighted by Crippen LogP contribution is 2.06. The Morgan fingerprint density at radius 1 is 1.29 bits per heavy atom. The zero-order valence-electron chi connectivity index (χ0n) is 7.91. The quantitative estimate of drug-likeness (QED) is 0.349. The predicted octanol–water partition coefficient (Wildman–Crippen LogP) is -2.33. The number of aldehydes is 1. The summed E-state index contributed by atoms with van der Waals surface area (Å²) in [5, 5.41) is 36.0. The molecule has 0 aliphatic rings. The summed E-state index contributed by atoms with van der Waals surface area (Å²) in [6, 6.07) is 0. The molecule has 6 nitrogen and oxygen atoms in total. The van der Waals surface area contributed by atoms with E-state index in [2.05, 4.69) is 0 Å². The van der Waals surface area contributed by atoms with Crippen LogP contribution in [0.15, 0.2) is 0 Å². The molecule has 0 aromatic heterocycles. The lowest BCUT2D eigenvalue weighted by Gasteiger charge is -2.25. The highest BCUT2D eigenvalue weighted by atomic mass is 16.5. The van der Waals surface area contributed by atoms with Gasteiger partial charge in [-0.05, 0) is 6.92 Å². The molecule has 0 bridgehead atoms. The van der Waals surface area contributed by atoms with Crippen LogP contribution in [0.3, 0.4) is 0 Å². The maximum atomic E-state index is 10.4. The molecule has 0 radical (unpaired) electrons. The first-order valence-corrected chi connectivity index (χ1v) is 4.30. The smallest absolute Gasteiger partial charge is 0.151 e. The summed E-state index contributed by atoms with van der Waals surface area (Å²) < 4.78 is 4.80. The molecule has 0 aromatic rings. The molecule has 14 heavy (non-hydrogen) atoms. The number of carbonyl (C=O) groups excluding carboxylic acids is 1. The van der Waals surface area contributed by atoms with Crippen molar-refractivity contribution in [3.8, 4) is 0 Å². The Bertz CT molecular complexity index is 162. The van der Waals surface area contributed by atoms with Crippen molar-refractivity contribution in [2.45, 2.75) is 31.3 Å². The van der Waals surface area contributed by atoms with E-state index in [1.54, 1.807) is 6.92 Å². The van der Waals surface area contributed by atoms with Crippen molar-refractivity contribution in [2.75, 3.05) is 13.2 Å². The molecule has 0 heterocycles. The molecule has 0 aliphatic carbocycles. The fourth-order valence-electron chi connectivity index (χ4n) is 0.941. The first kappa shape index (κ1) is 13.5. The number of rotatable bonds is 7. The van der Waals surface area contributed by atoms with Gasteiger partial charge in [-0.1, -0.05) is 0 Å². The number of ether oxygens (including phenoxy) is 1. The van der Waals surface area contributed by atoms with Crippen molar-refractivity contribution in [3.05, 3.63) is 0 Å². The Morgan fingerprint density at radius 2 is 1.86 bits per heavy atom. The molecule has 0 amide bonds. The van der Waals surface area contributed by atoms with Crippen LogP contribution in [0.25, 0.3) is 0 Å². The summed E-state index contributed by atoms with van der Waals surface area (Å²) in [6.07, 6.45) is -5.51. The van der Waals surface area contributed by atoms with E-state index in [4.69, 9.17) is 14.9 Å². The maximum Gasteiger partial charge on any atom is 0.151 e. The van der Waals surface area contributed by atoms with Crippen LogP contribution in [0.5, 0.6) is 0 Å². The summed E-state index contributed by atoms with van der Waals surface area (Å²) in [7, 11) is 0. The van der Waals surface area contributed by atoms with Gasteiger partial charge in [0.1, 0.15) is 24.4 Å². The number of aliphatic hydroxyl groups is 4. The van der Waals surface area contributed by atoms with Crippen molar-refractivity contribution in [1.29, 1.82) is 0 Å². The highest BCUT2D eigenvalue weighted by molar-refractivity contribution is 5.57. The first-order valence-electron chi connectivity index (χ1n) is 4.30. The molecule has 4 atom stereocenters. The van der Waals surface area contributed by atoms with Crippen molar-refractivity contribution in [2.24, 2.45) is 0 Å². The third-order valence-corrected chi connectivity index (χ3v) is 1.76. The van der Waals surface area contributed by atoms with Gasteiger partial charge in [0.15, 0.2) is 6.29 Å². The molecular formula is C8H16O6. The lowest BCUT2D eigenvalue weighted by Crippen LogP contribution is -2.47. The minimum atomic E-state index is -1.61. The van der Waals surface area contributed by atoms with Crippen LogP contribution in [0.2, 0.25) is 0 Å². The third kappa shape index (κ3) is 3.69. The standard InChI is InChI=1S/C8H16O6/c1-2-14-6(4-10)8(13)7(12)5(11)3-9/h4-9,11-13H,2-3H2,1H3/t5-,6+,7+,8-/m1/s1. The lowest BCUT2D eigenvalue weighted by molar-refractivity contribution is -0.145. The van der Waals surface area contributed by atoms with Crippen molar-refractivity contribution in [3.63, 3.8) is 0 Å². The molecule has 0 aromatic carbocycles. The maximum absolute atomic E-state index is 10.4. The zero-order valence-corrected chi connectivity index (χ0v) is 7.91. The highest BCUT2D eigenvalue weighted by Gasteiger charge is 2.31. The number of hydrogen-bond donors (Lipinski definition) is 4. The molecule has 0 unspecified atom stereocenters. The van der Waals surface area contributed by atoms with Crippen molar-refractivity contribution < 1.29 is 30.0 Å². The average Bonchev–Trinajstić information content (AvgIpc) is 2.22. The lowest BCUT2D eigenvalue weighted by atomic mass is 10.0. The van der Waals surface area contributed by atoms with E-state index in [-0.39, 0.29) is 6.61 Å².